The first kappa shape index (κ1) is 19.1. The molecule has 2 heterocycles. The summed E-state index contributed by atoms with van der Waals surface area (Å²) in [5, 5.41) is 13.9. The van der Waals surface area contributed by atoms with Crippen LogP contribution in [0.15, 0.2) is 59.3 Å². The third-order valence-electron chi connectivity index (χ3n) is 4.71. The van der Waals surface area contributed by atoms with Crippen LogP contribution in [0.4, 0.5) is 4.79 Å². The minimum absolute atomic E-state index is 0.142. The number of nitrogens with zero attached hydrogens (tertiary/aromatic N) is 5. The number of aromatic nitrogens is 4. The van der Waals surface area contributed by atoms with Crippen molar-refractivity contribution in [1.29, 1.82) is 0 Å². The first-order valence-electron chi connectivity index (χ1n) is 8.84. The van der Waals surface area contributed by atoms with E-state index in [1.807, 2.05) is 30.3 Å². The van der Waals surface area contributed by atoms with E-state index in [0.717, 1.165) is 4.47 Å². The molecule has 29 heavy (non-hydrogen) atoms. The van der Waals surface area contributed by atoms with Gasteiger partial charge in [-0.25, -0.2) is 9.48 Å². The van der Waals surface area contributed by atoms with Crippen molar-refractivity contribution in [2.45, 2.75) is 12.5 Å². The second kappa shape index (κ2) is 7.63. The molecule has 0 saturated carbocycles. The zero-order valence-corrected chi connectivity index (χ0v) is 17.0. The van der Waals surface area contributed by atoms with Gasteiger partial charge in [0.1, 0.15) is 24.2 Å². The average molecular weight is 457 g/mol. The molecule has 1 fully saturated rings. The van der Waals surface area contributed by atoms with Gasteiger partial charge in [0.05, 0.1) is 12.2 Å². The fraction of sp³-hybridized carbons (Fsp3) is 0.211. The molecule has 1 aliphatic rings. The molecule has 4 rings (SSSR count). The first-order valence-corrected chi connectivity index (χ1v) is 9.63. The predicted octanol–water partition coefficient (Wildman–Crippen LogP) is 2.27. The Labute approximate surface area is 174 Å². The molecule has 3 aromatic rings. The number of amides is 3. The van der Waals surface area contributed by atoms with Crippen molar-refractivity contribution in [3.05, 3.63) is 64.9 Å². The summed E-state index contributed by atoms with van der Waals surface area (Å²) in [6.45, 7) is 2.02. The van der Waals surface area contributed by atoms with Gasteiger partial charge in [-0.3, -0.25) is 9.69 Å². The number of halogens is 1. The SMILES string of the molecule is CC1(c2cccc(-n3cnnn3)c2)NC(=O)N(CCOc2ccc(Br)cc2)C1=O. The number of imide groups is 1. The molecule has 148 valence electrons. The van der Waals surface area contributed by atoms with Gasteiger partial charge in [0.25, 0.3) is 5.91 Å². The van der Waals surface area contributed by atoms with Gasteiger partial charge in [-0.15, -0.1) is 5.10 Å². The number of hydrogen-bond donors (Lipinski definition) is 1. The Morgan fingerprint density at radius 3 is 2.69 bits per heavy atom. The first-order chi connectivity index (χ1) is 14.0. The van der Waals surface area contributed by atoms with Gasteiger partial charge < -0.3 is 10.1 Å². The third-order valence-corrected chi connectivity index (χ3v) is 5.24. The Morgan fingerprint density at radius 2 is 1.97 bits per heavy atom. The zero-order valence-electron chi connectivity index (χ0n) is 15.4. The highest BCUT2D eigenvalue weighted by atomic mass is 79.9. The van der Waals surface area contributed by atoms with Gasteiger partial charge in [-0.2, -0.15) is 0 Å². The van der Waals surface area contributed by atoms with Crippen LogP contribution in [0.25, 0.3) is 5.69 Å². The maximum Gasteiger partial charge on any atom is 0.325 e. The molecule has 9 nitrogen and oxygen atoms in total. The highest BCUT2D eigenvalue weighted by Crippen LogP contribution is 2.30. The molecule has 0 spiro atoms. The van der Waals surface area contributed by atoms with Crippen LogP contribution in [0.2, 0.25) is 0 Å². The number of urea groups is 1. The second-order valence-corrected chi connectivity index (χ2v) is 7.53. The molecule has 1 atom stereocenters. The summed E-state index contributed by atoms with van der Waals surface area (Å²) in [6.07, 6.45) is 1.46. The number of hydrogen-bond acceptors (Lipinski definition) is 6. The normalized spacial score (nSPS) is 18.8. The number of ether oxygens (including phenoxy) is 1. The number of rotatable bonds is 6. The minimum Gasteiger partial charge on any atom is -0.492 e. The van der Waals surface area contributed by atoms with E-state index in [-0.39, 0.29) is 19.1 Å². The fourth-order valence-corrected chi connectivity index (χ4v) is 3.38. The Balaban J connectivity index is 1.48. The van der Waals surface area contributed by atoms with Gasteiger partial charge >= 0.3 is 6.03 Å². The molecule has 10 heteroatoms. The molecule has 0 bridgehead atoms. The van der Waals surface area contributed by atoms with Crippen molar-refractivity contribution in [3.8, 4) is 11.4 Å². The number of tetrazole rings is 1. The Bertz CT molecular complexity index is 1040. The highest BCUT2D eigenvalue weighted by Gasteiger charge is 2.48. The van der Waals surface area contributed by atoms with E-state index < -0.39 is 11.6 Å². The molecular formula is C19H17BrN6O3. The van der Waals surface area contributed by atoms with Crippen molar-refractivity contribution in [2.75, 3.05) is 13.2 Å². The van der Waals surface area contributed by atoms with Crippen LogP contribution in [0.5, 0.6) is 5.75 Å². The predicted molar refractivity (Wildman–Crippen MR) is 106 cm³/mol. The van der Waals surface area contributed by atoms with Gasteiger partial charge in [-0.05, 0) is 59.3 Å². The third kappa shape index (κ3) is 3.70. The van der Waals surface area contributed by atoms with E-state index in [0.29, 0.717) is 17.0 Å². The zero-order chi connectivity index (χ0) is 20.4. The van der Waals surface area contributed by atoms with Gasteiger partial charge in [0.15, 0.2) is 0 Å². The fourth-order valence-electron chi connectivity index (χ4n) is 3.12. The number of carbonyl (C=O) groups excluding carboxylic acids is 2. The second-order valence-electron chi connectivity index (χ2n) is 6.62. The van der Waals surface area contributed by atoms with E-state index in [1.54, 1.807) is 25.1 Å². The molecule has 2 aromatic carbocycles. The van der Waals surface area contributed by atoms with Gasteiger partial charge in [0, 0.05) is 4.47 Å². The Hall–Kier alpha value is -3.27. The highest BCUT2D eigenvalue weighted by molar-refractivity contribution is 9.10. The van der Waals surface area contributed by atoms with Crippen molar-refractivity contribution < 1.29 is 14.3 Å². The van der Waals surface area contributed by atoms with Crippen molar-refractivity contribution in [1.82, 2.24) is 30.4 Å². The van der Waals surface area contributed by atoms with E-state index in [2.05, 4.69) is 36.8 Å². The van der Waals surface area contributed by atoms with Crippen molar-refractivity contribution in [2.24, 2.45) is 0 Å². The van der Waals surface area contributed by atoms with Crippen LogP contribution in [0.1, 0.15) is 12.5 Å². The molecule has 1 aliphatic heterocycles. The number of nitrogens with one attached hydrogen (secondary N) is 1. The molecule has 1 saturated heterocycles. The smallest absolute Gasteiger partial charge is 0.325 e. The summed E-state index contributed by atoms with van der Waals surface area (Å²) in [6, 6.07) is 14.0. The van der Waals surface area contributed by atoms with Crippen molar-refractivity contribution in [3.63, 3.8) is 0 Å². The lowest BCUT2D eigenvalue weighted by Crippen LogP contribution is -2.41. The molecule has 3 amide bonds. The van der Waals surface area contributed by atoms with Crippen LogP contribution in [0, 0.1) is 0 Å². The Morgan fingerprint density at radius 1 is 1.17 bits per heavy atom. The molecule has 0 radical (unpaired) electrons. The van der Waals surface area contributed by atoms with Crippen LogP contribution < -0.4 is 10.1 Å². The molecular weight excluding hydrogens is 440 g/mol. The number of benzene rings is 2. The van der Waals surface area contributed by atoms with Crippen LogP contribution in [0.3, 0.4) is 0 Å². The van der Waals surface area contributed by atoms with Crippen LogP contribution in [-0.4, -0.2) is 50.2 Å². The van der Waals surface area contributed by atoms with Crippen molar-refractivity contribution >= 4 is 27.9 Å². The van der Waals surface area contributed by atoms with E-state index in [9.17, 15) is 9.59 Å². The lowest BCUT2D eigenvalue weighted by molar-refractivity contribution is -0.131. The summed E-state index contributed by atoms with van der Waals surface area (Å²) in [5.41, 5.74) is 0.145. The number of carbonyl (C=O) groups is 2. The monoisotopic (exact) mass is 456 g/mol. The van der Waals surface area contributed by atoms with Crippen LogP contribution >= 0.6 is 15.9 Å². The topological polar surface area (TPSA) is 102 Å². The lowest BCUT2D eigenvalue weighted by atomic mass is 9.91. The van der Waals surface area contributed by atoms with Gasteiger partial charge in [0.2, 0.25) is 0 Å². The molecule has 0 aliphatic carbocycles. The maximum absolute atomic E-state index is 13.1. The molecule has 1 aromatic heterocycles. The lowest BCUT2D eigenvalue weighted by Gasteiger charge is -2.22. The largest absolute Gasteiger partial charge is 0.492 e. The Kier molecular flexibility index (Phi) is 5.01. The summed E-state index contributed by atoms with van der Waals surface area (Å²) in [5.74, 6) is 0.327. The van der Waals surface area contributed by atoms with Crippen LogP contribution in [-0.2, 0) is 10.3 Å². The average Bonchev–Trinajstić information content (AvgIpc) is 3.33. The standard InChI is InChI=1S/C19H17BrN6O3/c1-19(13-3-2-4-15(11-13)26-12-21-23-24-26)17(27)25(18(28)22-19)9-10-29-16-7-5-14(20)6-8-16/h2-8,11-12H,9-10H2,1H3,(H,22,28). The summed E-state index contributed by atoms with van der Waals surface area (Å²) in [4.78, 5) is 26.7. The minimum atomic E-state index is -1.18. The van der Waals surface area contributed by atoms with E-state index in [1.165, 1.54) is 15.9 Å². The maximum atomic E-state index is 13.1. The summed E-state index contributed by atoms with van der Waals surface area (Å²) >= 11 is 3.36. The summed E-state index contributed by atoms with van der Waals surface area (Å²) in [7, 11) is 0. The van der Waals surface area contributed by atoms with E-state index in [4.69, 9.17) is 4.74 Å². The molecule has 1 N–H and O–H groups in total. The quantitative estimate of drug-likeness (QED) is 0.570. The van der Waals surface area contributed by atoms with E-state index >= 15 is 0 Å². The van der Waals surface area contributed by atoms with Gasteiger partial charge in [-0.1, -0.05) is 28.1 Å². The summed E-state index contributed by atoms with van der Waals surface area (Å²) < 4.78 is 8.07. The molecule has 1 unspecified atom stereocenters.